The molecule has 0 bridgehead atoms. The molecule has 1 aliphatic carbocycles. The van der Waals surface area contributed by atoms with E-state index in [1.54, 1.807) is 23.1 Å². The third-order valence-electron chi connectivity index (χ3n) is 4.05. The van der Waals surface area contributed by atoms with Gasteiger partial charge >= 0.3 is 0 Å². The summed E-state index contributed by atoms with van der Waals surface area (Å²) in [6.07, 6.45) is 5.86. The maximum atomic E-state index is 6.34. The fourth-order valence-electron chi connectivity index (χ4n) is 2.78. The fourth-order valence-corrected chi connectivity index (χ4v) is 5.04. The molecule has 2 aromatic heterocycles. The summed E-state index contributed by atoms with van der Waals surface area (Å²) >= 11 is 3.47. The van der Waals surface area contributed by atoms with Gasteiger partial charge in [-0.05, 0) is 41.1 Å². The molecule has 21 heavy (non-hydrogen) atoms. The van der Waals surface area contributed by atoms with Gasteiger partial charge in [0.05, 0.1) is 11.3 Å². The highest BCUT2D eigenvalue weighted by Gasteiger charge is 2.27. The molecule has 0 amide bonds. The summed E-state index contributed by atoms with van der Waals surface area (Å²) in [5.41, 5.74) is 6.34. The number of hydrogen-bond donors (Lipinski definition) is 1. The first-order chi connectivity index (χ1) is 10.3. The van der Waals surface area contributed by atoms with Crippen molar-refractivity contribution >= 4 is 23.1 Å². The number of tetrazole rings is 1. The van der Waals surface area contributed by atoms with Crippen LogP contribution in [0, 0.1) is 0 Å². The molecule has 1 aliphatic rings. The molecule has 114 valence electrons. The second-order valence-electron chi connectivity index (χ2n) is 5.47. The van der Waals surface area contributed by atoms with Gasteiger partial charge in [-0.2, -0.15) is 0 Å². The summed E-state index contributed by atoms with van der Waals surface area (Å²) < 4.78 is 2.01. The zero-order chi connectivity index (χ0) is 14.7. The Morgan fingerprint density at radius 3 is 2.95 bits per heavy atom. The Labute approximate surface area is 133 Å². The summed E-state index contributed by atoms with van der Waals surface area (Å²) in [6.45, 7) is 2.13. The number of thioether (sulfide) groups is 1. The van der Waals surface area contributed by atoms with Crippen molar-refractivity contribution in [3.63, 3.8) is 0 Å². The van der Waals surface area contributed by atoms with E-state index in [1.165, 1.54) is 30.6 Å². The van der Waals surface area contributed by atoms with Crippen LogP contribution in [0.15, 0.2) is 22.7 Å². The molecule has 1 fully saturated rings. The summed E-state index contributed by atoms with van der Waals surface area (Å²) in [7, 11) is 0. The quantitative estimate of drug-likeness (QED) is 0.825. The van der Waals surface area contributed by atoms with Gasteiger partial charge in [0.15, 0.2) is 0 Å². The van der Waals surface area contributed by atoms with Gasteiger partial charge in [-0.15, -0.1) is 16.4 Å². The number of hydrogen-bond acceptors (Lipinski definition) is 6. The minimum absolute atomic E-state index is 0.113. The molecule has 2 N–H and O–H groups in total. The first-order valence-corrected chi connectivity index (χ1v) is 9.29. The topological polar surface area (TPSA) is 69.6 Å². The Morgan fingerprint density at radius 2 is 2.29 bits per heavy atom. The summed E-state index contributed by atoms with van der Waals surface area (Å²) in [6, 6.07) is 4.81. The molecule has 0 aromatic carbocycles. The van der Waals surface area contributed by atoms with Crippen LogP contribution in [0.4, 0.5) is 0 Å². The van der Waals surface area contributed by atoms with E-state index in [0.29, 0.717) is 6.04 Å². The Hall–Kier alpha value is -0.920. The Balaban J connectivity index is 1.81. The van der Waals surface area contributed by atoms with Crippen molar-refractivity contribution in [1.29, 1.82) is 0 Å². The van der Waals surface area contributed by atoms with Crippen LogP contribution in [-0.4, -0.2) is 26.2 Å². The van der Waals surface area contributed by atoms with Crippen LogP contribution in [0.1, 0.15) is 55.2 Å². The van der Waals surface area contributed by atoms with E-state index >= 15 is 0 Å². The molecule has 7 heteroatoms. The molecule has 2 atom stereocenters. The van der Waals surface area contributed by atoms with E-state index in [-0.39, 0.29) is 11.3 Å². The van der Waals surface area contributed by atoms with Crippen LogP contribution in [-0.2, 0) is 0 Å². The summed E-state index contributed by atoms with van der Waals surface area (Å²) in [4.78, 5) is 1.30. The van der Waals surface area contributed by atoms with Crippen LogP contribution in [0.5, 0.6) is 0 Å². The van der Waals surface area contributed by atoms with Crippen molar-refractivity contribution < 1.29 is 0 Å². The predicted molar refractivity (Wildman–Crippen MR) is 86.5 cm³/mol. The molecule has 0 spiro atoms. The lowest BCUT2D eigenvalue weighted by Crippen LogP contribution is -2.25. The van der Waals surface area contributed by atoms with Crippen LogP contribution in [0.2, 0.25) is 0 Å². The maximum absolute atomic E-state index is 6.34. The molecule has 0 saturated heterocycles. The number of nitrogens with two attached hydrogens (primary N) is 1. The normalized spacial score (nSPS) is 19.0. The average Bonchev–Trinajstić information content (AvgIpc) is 3.24. The highest BCUT2D eigenvalue weighted by molar-refractivity contribution is 7.99. The third-order valence-corrected chi connectivity index (χ3v) is 6.49. The van der Waals surface area contributed by atoms with Gasteiger partial charge in [0.1, 0.15) is 0 Å². The Kier molecular flexibility index (Phi) is 4.92. The molecule has 2 heterocycles. The Morgan fingerprint density at radius 1 is 1.48 bits per heavy atom. The van der Waals surface area contributed by atoms with E-state index in [4.69, 9.17) is 5.73 Å². The van der Waals surface area contributed by atoms with Gasteiger partial charge in [-0.3, -0.25) is 0 Å². The lowest BCUT2D eigenvalue weighted by molar-refractivity contribution is 0.422. The molecule has 2 aromatic rings. The Bertz CT molecular complexity index is 547. The largest absolute Gasteiger partial charge is 0.326 e. The van der Waals surface area contributed by atoms with Crippen molar-refractivity contribution in [2.24, 2.45) is 5.73 Å². The minimum Gasteiger partial charge on any atom is -0.326 e. The first-order valence-electron chi connectivity index (χ1n) is 7.53. The third kappa shape index (κ3) is 3.30. The minimum atomic E-state index is 0.113. The summed E-state index contributed by atoms with van der Waals surface area (Å²) in [5.74, 6) is 0. The molecular formula is C14H21N5S2. The number of thiophene rings is 1. The van der Waals surface area contributed by atoms with E-state index in [0.717, 1.165) is 11.6 Å². The van der Waals surface area contributed by atoms with Crippen molar-refractivity contribution in [2.45, 2.75) is 61.5 Å². The predicted octanol–water partition coefficient (Wildman–Crippen LogP) is 3.42. The highest BCUT2D eigenvalue weighted by atomic mass is 32.2. The van der Waals surface area contributed by atoms with Crippen molar-refractivity contribution in [2.75, 3.05) is 0 Å². The zero-order valence-corrected chi connectivity index (χ0v) is 13.8. The van der Waals surface area contributed by atoms with Crippen LogP contribution in [0.3, 0.4) is 0 Å². The molecule has 0 radical (unpaired) electrons. The van der Waals surface area contributed by atoms with Gasteiger partial charge in [0.2, 0.25) is 5.16 Å². The van der Waals surface area contributed by atoms with Crippen LogP contribution >= 0.6 is 23.1 Å². The van der Waals surface area contributed by atoms with Crippen LogP contribution < -0.4 is 5.73 Å². The van der Waals surface area contributed by atoms with Gasteiger partial charge in [0.25, 0.3) is 0 Å². The van der Waals surface area contributed by atoms with E-state index in [9.17, 15) is 0 Å². The number of rotatable bonds is 6. The van der Waals surface area contributed by atoms with Gasteiger partial charge in [-0.1, -0.05) is 37.6 Å². The smallest absolute Gasteiger partial charge is 0.210 e. The monoisotopic (exact) mass is 323 g/mol. The standard InChI is InChI=1S/C14H21N5S2/c1-2-11(15)13(12-8-5-9-20-12)21-14-16-17-18-19(14)10-6-3-4-7-10/h5,8-11,13H,2-4,6-7,15H2,1H3. The second-order valence-corrected chi connectivity index (χ2v) is 7.56. The molecule has 0 aliphatic heterocycles. The molecule has 1 saturated carbocycles. The molecule has 2 unspecified atom stereocenters. The van der Waals surface area contributed by atoms with E-state index in [1.807, 2.05) is 4.68 Å². The number of aromatic nitrogens is 4. The highest BCUT2D eigenvalue weighted by Crippen LogP contribution is 2.41. The van der Waals surface area contributed by atoms with Crippen LogP contribution in [0.25, 0.3) is 0 Å². The lowest BCUT2D eigenvalue weighted by atomic mass is 10.1. The number of nitrogens with zero attached hydrogens (tertiary/aromatic N) is 4. The lowest BCUT2D eigenvalue weighted by Gasteiger charge is -2.21. The fraction of sp³-hybridized carbons (Fsp3) is 0.643. The maximum Gasteiger partial charge on any atom is 0.210 e. The average molecular weight is 323 g/mol. The summed E-state index contributed by atoms with van der Waals surface area (Å²) in [5, 5.41) is 15.6. The van der Waals surface area contributed by atoms with Crippen molar-refractivity contribution in [1.82, 2.24) is 20.2 Å². The van der Waals surface area contributed by atoms with Gasteiger partial charge in [-0.25, -0.2) is 4.68 Å². The van der Waals surface area contributed by atoms with Crippen molar-refractivity contribution in [3.8, 4) is 0 Å². The van der Waals surface area contributed by atoms with Gasteiger partial charge in [0, 0.05) is 10.9 Å². The van der Waals surface area contributed by atoms with E-state index in [2.05, 4.69) is 40.0 Å². The molecule has 5 nitrogen and oxygen atoms in total. The SMILES string of the molecule is CCC(N)C(Sc1nnnn1C1CCCC1)c1cccs1. The first kappa shape index (κ1) is 15.0. The zero-order valence-electron chi connectivity index (χ0n) is 12.2. The second kappa shape index (κ2) is 6.89. The van der Waals surface area contributed by atoms with Crippen molar-refractivity contribution in [3.05, 3.63) is 22.4 Å². The van der Waals surface area contributed by atoms with Gasteiger partial charge < -0.3 is 5.73 Å². The van der Waals surface area contributed by atoms with E-state index < -0.39 is 0 Å². The molecular weight excluding hydrogens is 302 g/mol. The molecule has 3 rings (SSSR count).